The lowest BCUT2D eigenvalue weighted by atomic mass is 9.93. The molecule has 4 nitrogen and oxygen atoms in total. The zero-order valence-corrected chi connectivity index (χ0v) is 8.92. The lowest BCUT2D eigenvalue weighted by Crippen LogP contribution is -2.25. The molecule has 0 atom stereocenters. The second kappa shape index (κ2) is 3.69. The lowest BCUT2D eigenvalue weighted by Gasteiger charge is -2.28. The highest BCUT2D eigenvalue weighted by atomic mass is 35.5. The monoisotopic (exact) mass is 250 g/mol. The molecule has 1 aromatic rings. The van der Waals surface area contributed by atoms with Crippen LogP contribution in [0.25, 0.3) is 0 Å². The Morgan fingerprint density at radius 3 is 2.62 bits per heavy atom. The van der Waals surface area contributed by atoms with Gasteiger partial charge in [0, 0.05) is 0 Å². The number of nitrogens with zero attached hydrogens (tertiary/aromatic N) is 2. The van der Waals surface area contributed by atoms with E-state index in [0.29, 0.717) is 0 Å². The van der Waals surface area contributed by atoms with Gasteiger partial charge in [0.15, 0.2) is 0 Å². The van der Waals surface area contributed by atoms with Gasteiger partial charge in [-0.05, 0) is 30.9 Å². The average molecular weight is 251 g/mol. The Bertz CT molecular complexity index is 424. The van der Waals surface area contributed by atoms with Crippen LogP contribution in [0.4, 0.5) is 8.78 Å². The summed E-state index contributed by atoms with van der Waals surface area (Å²) in [4.78, 5) is 10.8. The Labute approximate surface area is 94.8 Å². The molecule has 7 heteroatoms. The molecule has 0 bridgehead atoms. The molecule has 1 N–H and O–H groups in total. The molecule has 1 fully saturated rings. The molecule has 1 aromatic heterocycles. The molecule has 1 aliphatic rings. The summed E-state index contributed by atoms with van der Waals surface area (Å²) >= 11 is 4.92. The van der Waals surface area contributed by atoms with E-state index in [4.69, 9.17) is 16.7 Å². The minimum absolute atomic E-state index is 0.160. The van der Waals surface area contributed by atoms with Crippen molar-refractivity contribution in [3.8, 4) is 0 Å². The minimum Gasteiger partial charge on any atom is -0.478 e. The normalized spacial score (nSPS) is 17.2. The molecular weight excluding hydrogens is 242 g/mol. The number of halogens is 3. The summed E-state index contributed by atoms with van der Waals surface area (Å²) in [6.45, 7) is 0. The molecule has 0 radical (unpaired) electrons. The van der Waals surface area contributed by atoms with E-state index in [1.807, 2.05) is 0 Å². The third-order valence-electron chi connectivity index (χ3n) is 2.71. The molecule has 0 saturated heterocycles. The molecule has 1 heterocycles. The predicted molar refractivity (Wildman–Crippen MR) is 51.8 cm³/mol. The van der Waals surface area contributed by atoms with Gasteiger partial charge >= 0.3 is 11.4 Å². The van der Waals surface area contributed by atoms with Gasteiger partial charge in [-0.25, -0.2) is 4.79 Å². The van der Waals surface area contributed by atoms with E-state index >= 15 is 0 Å². The van der Waals surface area contributed by atoms with Gasteiger partial charge in [0.05, 0.1) is 12.2 Å². The number of hydrogen-bond donors (Lipinski definition) is 1. The molecule has 88 valence electrons. The first-order valence-electron chi connectivity index (χ1n) is 4.79. The van der Waals surface area contributed by atoms with Crippen molar-refractivity contribution in [3.63, 3.8) is 0 Å². The largest absolute Gasteiger partial charge is 0.478 e. The summed E-state index contributed by atoms with van der Waals surface area (Å²) in [7, 11) is 0. The van der Waals surface area contributed by atoms with Crippen LogP contribution < -0.4 is 0 Å². The third kappa shape index (κ3) is 1.77. The summed E-state index contributed by atoms with van der Waals surface area (Å²) in [5.74, 6) is -1.44. The molecule has 1 aliphatic carbocycles. The zero-order chi connectivity index (χ0) is 11.9. The van der Waals surface area contributed by atoms with Crippen molar-refractivity contribution in [3.05, 3.63) is 17.5 Å². The number of rotatable bonds is 3. The summed E-state index contributed by atoms with van der Waals surface area (Å²) in [5, 5.41) is 8.76. The zero-order valence-electron chi connectivity index (χ0n) is 8.16. The fraction of sp³-hybridized carbons (Fsp3) is 0.556. The van der Waals surface area contributed by atoms with Gasteiger partial charge in [0.1, 0.15) is 11.3 Å². The summed E-state index contributed by atoms with van der Waals surface area (Å²) in [6.07, 6.45) is 3.30. The average Bonchev–Trinajstić information content (AvgIpc) is 2.43. The van der Waals surface area contributed by atoms with Crippen LogP contribution in [0.2, 0.25) is 0 Å². The van der Waals surface area contributed by atoms with Gasteiger partial charge in [-0.3, -0.25) is 4.68 Å². The highest BCUT2D eigenvalue weighted by Gasteiger charge is 2.40. The Kier molecular flexibility index (Phi) is 2.61. The van der Waals surface area contributed by atoms with Gasteiger partial charge < -0.3 is 5.11 Å². The Morgan fingerprint density at radius 2 is 2.25 bits per heavy atom. The lowest BCUT2D eigenvalue weighted by molar-refractivity contribution is 0.0622. The Morgan fingerprint density at radius 1 is 1.62 bits per heavy atom. The van der Waals surface area contributed by atoms with Crippen LogP contribution >= 0.6 is 11.6 Å². The maximum atomic E-state index is 13.1. The smallest absolute Gasteiger partial charge is 0.365 e. The van der Waals surface area contributed by atoms with Crippen LogP contribution in [0.15, 0.2) is 6.20 Å². The van der Waals surface area contributed by atoms with Gasteiger partial charge in [-0.1, -0.05) is 0 Å². The van der Waals surface area contributed by atoms with Crippen molar-refractivity contribution in [1.82, 2.24) is 9.78 Å². The molecule has 1 saturated carbocycles. The topological polar surface area (TPSA) is 55.1 Å². The Balaban J connectivity index is 2.49. The van der Waals surface area contributed by atoms with E-state index in [-0.39, 0.29) is 6.04 Å². The quantitative estimate of drug-likeness (QED) is 0.839. The predicted octanol–water partition coefficient (Wildman–Crippen LogP) is 2.59. The minimum atomic E-state index is -3.71. The van der Waals surface area contributed by atoms with E-state index in [0.717, 1.165) is 30.1 Å². The fourth-order valence-electron chi connectivity index (χ4n) is 1.71. The number of carboxylic acid groups (broad SMARTS) is 1. The molecule has 2 rings (SSSR count). The first kappa shape index (κ1) is 11.3. The summed E-state index contributed by atoms with van der Waals surface area (Å²) in [6, 6.07) is -0.160. The maximum absolute atomic E-state index is 13.1. The van der Waals surface area contributed by atoms with Crippen molar-refractivity contribution < 1.29 is 18.7 Å². The van der Waals surface area contributed by atoms with Crippen LogP contribution in [0, 0.1) is 0 Å². The van der Waals surface area contributed by atoms with Crippen LogP contribution in [0.5, 0.6) is 0 Å². The number of alkyl halides is 3. The Hall–Kier alpha value is -1.17. The van der Waals surface area contributed by atoms with Gasteiger partial charge in [0.25, 0.3) is 0 Å². The molecule has 16 heavy (non-hydrogen) atoms. The number of carboxylic acids is 1. The summed E-state index contributed by atoms with van der Waals surface area (Å²) < 4.78 is 27.3. The number of aromatic carboxylic acids is 1. The van der Waals surface area contributed by atoms with Crippen molar-refractivity contribution in [2.24, 2.45) is 0 Å². The highest BCUT2D eigenvalue weighted by molar-refractivity contribution is 6.22. The van der Waals surface area contributed by atoms with E-state index in [1.165, 1.54) is 0 Å². The fourth-order valence-corrected chi connectivity index (χ4v) is 1.90. The van der Waals surface area contributed by atoms with Crippen LogP contribution in [0.3, 0.4) is 0 Å². The van der Waals surface area contributed by atoms with Crippen molar-refractivity contribution in [2.45, 2.75) is 30.7 Å². The number of aromatic nitrogens is 2. The molecule has 0 aliphatic heterocycles. The number of hydrogen-bond acceptors (Lipinski definition) is 2. The standard InChI is InChI=1S/C9H9ClF2N2O2/c10-9(11,12)7-6(8(15)16)4-13-14(7)5-2-1-3-5/h4-5H,1-3H2,(H,15,16). The van der Waals surface area contributed by atoms with Crippen LogP contribution in [-0.4, -0.2) is 20.9 Å². The van der Waals surface area contributed by atoms with Crippen LogP contribution in [0.1, 0.15) is 41.4 Å². The molecular formula is C9H9ClF2N2O2. The first-order valence-corrected chi connectivity index (χ1v) is 5.17. The SMILES string of the molecule is O=C(O)c1cnn(C2CCC2)c1C(F)(F)Cl. The second-order valence-corrected chi connectivity index (χ2v) is 4.21. The van der Waals surface area contributed by atoms with Gasteiger partial charge in [0.2, 0.25) is 0 Å². The van der Waals surface area contributed by atoms with Crippen molar-refractivity contribution >= 4 is 17.6 Å². The van der Waals surface area contributed by atoms with E-state index < -0.39 is 22.6 Å². The maximum Gasteiger partial charge on any atom is 0.365 e. The van der Waals surface area contributed by atoms with E-state index in [2.05, 4.69) is 5.10 Å². The van der Waals surface area contributed by atoms with Crippen LogP contribution in [-0.2, 0) is 5.38 Å². The molecule has 0 aromatic carbocycles. The number of carbonyl (C=O) groups is 1. The van der Waals surface area contributed by atoms with E-state index in [9.17, 15) is 13.6 Å². The molecule has 0 unspecified atom stereocenters. The highest BCUT2D eigenvalue weighted by Crippen LogP contribution is 2.40. The summed E-state index contributed by atoms with van der Waals surface area (Å²) in [5.41, 5.74) is -1.25. The van der Waals surface area contributed by atoms with E-state index in [1.54, 1.807) is 0 Å². The van der Waals surface area contributed by atoms with Gasteiger partial charge in [-0.15, -0.1) is 0 Å². The second-order valence-electron chi connectivity index (χ2n) is 3.74. The molecule has 0 amide bonds. The first-order chi connectivity index (χ1) is 7.41. The third-order valence-corrected chi connectivity index (χ3v) is 2.89. The van der Waals surface area contributed by atoms with Crippen molar-refractivity contribution in [2.75, 3.05) is 0 Å². The van der Waals surface area contributed by atoms with Crippen molar-refractivity contribution in [1.29, 1.82) is 0 Å². The van der Waals surface area contributed by atoms with Gasteiger partial charge in [-0.2, -0.15) is 13.9 Å². The molecule has 0 spiro atoms.